The zero-order valence-electron chi connectivity index (χ0n) is 13.6. The Labute approximate surface area is 143 Å². The molecule has 4 heteroatoms. The largest absolute Gasteiger partial charge is 0.350 e. The van der Waals surface area contributed by atoms with Gasteiger partial charge >= 0.3 is 0 Å². The molecule has 0 aliphatic carbocycles. The molecule has 0 aliphatic heterocycles. The van der Waals surface area contributed by atoms with Gasteiger partial charge < -0.3 is 5.32 Å². The molecule has 1 N–H and O–H groups in total. The number of nitrogens with one attached hydrogen (secondary N) is 1. The molecule has 0 aliphatic rings. The van der Waals surface area contributed by atoms with Crippen molar-refractivity contribution >= 4 is 17.5 Å². The van der Waals surface area contributed by atoms with E-state index in [1.807, 2.05) is 18.2 Å². The lowest BCUT2D eigenvalue weighted by atomic mass is 10.0. The lowest BCUT2D eigenvalue weighted by Gasteiger charge is -2.30. The SMILES string of the molecule is CCN(CC)C(CNC(=O)c1ccc(Cl)cc1)c1ccccc1. The molecule has 3 nitrogen and oxygen atoms in total. The van der Waals surface area contributed by atoms with Crippen LogP contribution in [0.1, 0.15) is 35.8 Å². The van der Waals surface area contributed by atoms with Crippen LogP contribution < -0.4 is 5.32 Å². The van der Waals surface area contributed by atoms with Crippen LogP contribution in [0.15, 0.2) is 54.6 Å². The van der Waals surface area contributed by atoms with Gasteiger partial charge in [0.25, 0.3) is 5.91 Å². The fourth-order valence-corrected chi connectivity index (χ4v) is 2.82. The predicted molar refractivity (Wildman–Crippen MR) is 95.9 cm³/mol. The summed E-state index contributed by atoms with van der Waals surface area (Å²) in [7, 11) is 0. The molecule has 23 heavy (non-hydrogen) atoms. The second kappa shape index (κ2) is 8.70. The van der Waals surface area contributed by atoms with E-state index in [4.69, 9.17) is 11.6 Å². The Hall–Kier alpha value is -1.84. The van der Waals surface area contributed by atoms with Crippen LogP contribution in [-0.4, -0.2) is 30.4 Å². The summed E-state index contributed by atoms with van der Waals surface area (Å²) in [4.78, 5) is 14.7. The van der Waals surface area contributed by atoms with Crippen LogP contribution in [0, 0.1) is 0 Å². The maximum Gasteiger partial charge on any atom is 0.251 e. The van der Waals surface area contributed by atoms with Crippen molar-refractivity contribution in [2.24, 2.45) is 0 Å². The molecule has 0 spiro atoms. The van der Waals surface area contributed by atoms with Crippen LogP contribution >= 0.6 is 11.6 Å². The number of carbonyl (C=O) groups is 1. The summed E-state index contributed by atoms with van der Waals surface area (Å²) in [6.45, 7) is 6.73. The second-order valence-electron chi connectivity index (χ2n) is 5.36. The van der Waals surface area contributed by atoms with Gasteiger partial charge in [-0.25, -0.2) is 0 Å². The van der Waals surface area contributed by atoms with E-state index in [-0.39, 0.29) is 11.9 Å². The number of carbonyl (C=O) groups excluding carboxylic acids is 1. The van der Waals surface area contributed by atoms with Crippen molar-refractivity contribution in [2.45, 2.75) is 19.9 Å². The number of likely N-dealkylation sites (N-methyl/N-ethyl adjacent to an activating group) is 1. The zero-order chi connectivity index (χ0) is 16.7. The van der Waals surface area contributed by atoms with Gasteiger partial charge in [-0.1, -0.05) is 55.8 Å². The van der Waals surface area contributed by atoms with Crippen LogP contribution in [-0.2, 0) is 0 Å². The second-order valence-corrected chi connectivity index (χ2v) is 5.80. The fourth-order valence-electron chi connectivity index (χ4n) is 2.69. The maximum absolute atomic E-state index is 12.3. The molecule has 0 heterocycles. The summed E-state index contributed by atoms with van der Waals surface area (Å²) < 4.78 is 0. The first-order valence-electron chi connectivity index (χ1n) is 7.98. The van der Waals surface area contributed by atoms with E-state index in [1.54, 1.807) is 24.3 Å². The number of amides is 1. The summed E-state index contributed by atoms with van der Waals surface area (Å²) in [5.41, 5.74) is 1.84. The van der Waals surface area contributed by atoms with Crippen molar-refractivity contribution in [2.75, 3.05) is 19.6 Å². The first-order chi connectivity index (χ1) is 11.2. The molecule has 2 aromatic carbocycles. The minimum Gasteiger partial charge on any atom is -0.350 e. The standard InChI is InChI=1S/C19H23ClN2O/c1-3-22(4-2)18(15-8-6-5-7-9-15)14-21-19(23)16-10-12-17(20)13-11-16/h5-13,18H,3-4,14H2,1-2H3,(H,21,23). The normalized spacial score (nSPS) is 12.2. The Balaban J connectivity index is 2.09. The highest BCUT2D eigenvalue weighted by Gasteiger charge is 2.18. The van der Waals surface area contributed by atoms with E-state index in [0.29, 0.717) is 17.1 Å². The van der Waals surface area contributed by atoms with Crippen molar-refractivity contribution in [1.82, 2.24) is 10.2 Å². The van der Waals surface area contributed by atoms with Crippen LogP contribution in [0.2, 0.25) is 5.02 Å². The lowest BCUT2D eigenvalue weighted by Crippen LogP contribution is -2.38. The number of benzene rings is 2. The molecule has 2 rings (SSSR count). The summed E-state index contributed by atoms with van der Waals surface area (Å²) in [5, 5.41) is 3.67. The highest BCUT2D eigenvalue weighted by Crippen LogP contribution is 2.19. The van der Waals surface area contributed by atoms with Crippen LogP contribution in [0.25, 0.3) is 0 Å². The van der Waals surface area contributed by atoms with E-state index in [2.05, 4.69) is 36.2 Å². The molecule has 0 bridgehead atoms. The van der Waals surface area contributed by atoms with Gasteiger partial charge in [-0.05, 0) is 42.9 Å². The van der Waals surface area contributed by atoms with Crippen molar-refractivity contribution in [3.8, 4) is 0 Å². The molecule has 0 saturated heterocycles. The Bertz CT molecular complexity index is 609. The zero-order valence-corrected chi connectivity index (χ0v) is 14.4. The van der Waals surface area contributed by atoms with E-state index < -0.39 is 0 Å². The third-order valence-corrected chi connectivity index (χ3v) is 4.25. The van der Waals surface area contributed by atoms with Crippen LogP contribution in [0.5, 0.6) is 0 Å². The third kappa shape index (κ3) is 4.81. The van der Waals surface area contributed by atoms with Crippen molar-refractivity contribution < 1.29 is 4.79 Å². The first-order valence-corrected chi connectivity index (χ1v) is 8.36. The average molecular weight is 331 g/mol. The number of hydrogen-bond acceptors (Lipinski definition) is 2. The van der Waals surface area contributed by atoms with Gasteiger partial charge in [0, 0.05) is 17.1 Å². The quantitative estimate of drug-likeness (QED) is 0.827. The van der Waals surface area contributed by atoms with Gasteiger partial charge in [0.05, 0.1) is 6.04 Å². The Kier molecular flexibility index (Phi) is 6.63. The molecular weight excluding hydrogens is 308 g/mol. The van der Waals surface area contributed by atoms with Gasteiger partial charge in [0.1, 0.15) is 0 Å². The summed E-state index contributed by atoms with van der Waals surface area (Å²) >= 11 is 5.86. The van der Waals surface area contributed by atoms with E-state index in [0.717, 1.165) is 13.1 Å². The molecule has 1 unspecified atom stereocenters. The molecule has 1 atom stereocenters. The van der Waals surface area contributed by atoms with E-state index in [9.17, 15) is 4.79 Å². The molecule has 122 valence electrons. The van der Waals surface area contributed by atoms with Gasteiger partial charge in [-0.15, -0.1) is 0 Å². The summed E-state index contributed by atoms with van der Waals surface area (Å²) in [6, 6.07) is 17.4. The average Bonchev–Trinajstić information content (AvgIpc) is 2.59. The number of hydrogen-bond donors (Lipinski definition) is 1. The van der Waals surface area contributed by atoms with E-state index >= 15 is 0 Å². The highest BCUT2D eigenvalue weighted by atomic mass is 35.5. The highest BCUT2D eigenvalue weighted by molar-refractivity contribution is 6.30. The molecule has 2 aromatic rings. The number of halogens is 1. The molecule has 0 fully saturated rings. The molecule has 1 amide bonds. The predicted octanol–water partition coefficient (Wildman–Crippen LogP) is 4.15. The minimum absolute atomic E-state index is 0.0743. The van der Waals surface area contributed by atoms with E-state index in [1.165, 1.54) is 5.56 Å². The maximum atomic E-state index is 12.3. The monoisotopic (exact) mass is 330 g/mol. The molecular formula is C19H23ClN2O. The van der Waals surface area contributed by atoms with Gasteiger partial charge in [-0.3, -0.25) is 9.69 Å². The smallest absolute Gasteiger partial charge is 0.251 e. The number of rotatable bonds is 7. The Morgan fingerprint density at radius 3 is 2.22 bits per heavy atom. The first kappa shape index (κ1) is 17.5. The molecule has 0 radical (unpaired) electrons. The number of nitrogens with zero attached hydrogens (tertiary/aromatic N) is 1. The Morgan fingerprint density at radius 2 is 1.65 bits per heavy atom. The van der Waals surface area contributed by atoms with Crippen LogP contribution in [0.4, 0.5) is 0 Å². The topological polar surface area (TPSA) is 32.3 Å². The third-order valence-electron chi connectivity index (χ3n) is 4.00. The van der Waals surface area contributed by atoms with Gasteiger partial charge in [0.2, 0.25) is 0 Å². The van der Waals surface area contributed by atoms with Gasteiger partial charge in [0.15, 0.2) is 0 Å². The fraction of sp³-hybridized carbons (Fsp3) is 0.316. The van der Waals surface area contributed by atoms with Crippen molar-refractivity contribution in [1.29, 1.82) is 0 Å². The minimum atomic E-state index is -0.0743. The summed E-state index contributed by atoms with van der Waals surface area (Å²) in [6.07, 6.45) is 0. The van der Waals surface area contributed by atoms with Crippen molar-refractivity contribution in [3.63, 3.8) is 0 Å². The lowest BCUT2D eigenvalue weighted by molar-refractivity contribution is 0.0935. The van der Waals surface area contributed by atoms with Crippen molar-refractivity contribution in [3.05, 3.63) is 70.7 Å². The summed E-state index contributed by atoms with van der Waals surface area (Å²) in [5.74, 6) is -0.0743. The van der Waals surface area contributed by atoms with Gasteiger partial charge in [-0.2, -0.15) is 0 Å². The Morgan fingerprint density at radius 1 is 1.04 bits per heavy atom. The van der Waals surface area contributed by atoms with Crippen LogP contribution in [0.3, 0.4) is 0 Å². The molecule has 0 aromatic heterocycles. The molecule has 0 saturated carbocycles.